The molecule has 1 aromatic carbocycles. The maximum Gasteiger partial charge on any atom is 0.328 e. The largest absolute Gasteiger partial charge is 0.550 e. The van der Waals surface area contributed by atoms with Gasteiger partial charge >= 0.3 is 5.97 Å². The smallest absolute Gasteiger partial charge is 0.328 e. The predicted molar refractivity (Wildman–Crippen MR) is 102 cm³/mol. The lowest BCUT2D eigenvalue weighted by molar-refractivity contribution is -0.305. The first-order valence-corrected chi connectivity index (χ1v) is 10.8. The van der Waals surface area contributed by atoms with E-state index in [1.54, 1.807) is 0 Å². The molecule has 1 aromatic rings. The van der Waals surface area contributed by atoms with Crippen LogP contribution in [0.2, 0.25) is 10.0 Å². The van der Waals surface area contributed by atoms with Crippen molar-refractivity contribution in [2.24, 2.45) is 0 Å². The molecule has 1 aliphatic heterocycles. The Kier molecular flexibility index (Phi) is 7.87. The molecule has 9 nitrogen and oxygen atoms in total. The SMILES string of the molecule is COC(=O)[C@H](CCC(=O)[O-])NC(=O)[C@@H]1CCCN1S(=O)(=O)c1cc(Cl)cc(Cl)c1. The number of carboxylic acid groups (broad SMARTS) is 1. The first-order valence-electron chi connectivity index (χ1n) is 8.62. The topological polar surface area (TPSA) is 133 Å². The number of hydrogen-bond donors (Lipinski definition) is 1. The summed E-state index contributed by atoms with van der Waals surface area (Å²) in [6.45, 7) is 0.0898. The molecule has 0 spiro atoms. The Bertz CT molecular complexity index is 887. The van der Waals surface area contributed by atoms with E-state index in [4.69, 9.17) is 23.2 Å². The van der Waals surface area contributed by atoms with Crippen molar-refractivity contribution < 1.29 is 32.6 Å². The molecule has 2 rings (SSSR count). The summed E-state index contributed by atoms with van der Waals surface area (Å²) in [5.41, 5.74) is 0. The number of hydrogen-bond acceptors (Lipinski definition) is 7. The quantitative estimate of drug-likeness (QED) is 0.546. The third kappa shape index (κ3) is 5.81. The van der Waals surface area contributed by atoms with Crippen molar-refractivity contribution in [2.75, 3.05) is 13.7 Å². The molecule has 1 amide bonds. The highest BCUT2D eigenvalue weighted by Crippen LogP contribution is 2.29. The molecule has 29 heavy (non-hydrogen) atoms. The molecular weight excluding hydrogens is 447 g/mol. The van der Waals surface area contributed by atoms with Crippen LogP contribution in [0.3, 0.4) is 0 Å². The van der Waals surface area contributed by atoms with Crippen LogP contribution >= 0.6 is 23.2 Å². The normalized spacial score (nSPS) is 18.2. The summed E-state index contributed by atoms with van der Waals surface area (Å²) in [4.78, 5) is 35.1. The van der Waals surface area contributed by atoms with Crippen LogP contribution < -0.4 is 10.4 Å². The lowest BCUT2D eigenvalue weighted by atomic mass is 10.1. The van der Waals surface area contributed by atoms with E-state index in [9.17, 15) is 27.9 Å². The molecule has 160 valence electrons. The number of nitrogens with zero attached hydrogens (tertiary/aromatic N) is 1. The third-order valence-electron chi connectivity index (χ3n) is 4.39. The van der Waals surface area contributed by atoms with Gasteiger partial charge in [-0.1, -0.05) is 23.2 Å². The minimum atomic E-state index is -4.08. The predicted octanol–water partition coefficient (Wildman–Crippen LogP) is 0.334. The van der Waals surface area contributed by atoms with Crippen molar-refractivity contribution >= 4 is 51.1 Å². The molecule has 1 heterocycles. The number of nitrogens with one attached hydrogen (secondary N) is 1. The molecule has 0 aliphatic carbocycles. The lowest BCUT2D eigenvalue weighted by Crippen LogP contribution is -2.51. The fourth-order valence-corrected chi connectivity index (χ4v) is 5.41. The van der Waals surface area contributed by atoms with Crippen molar-refractivity contribution in [3.63, 3.8) is 0 Å². The molecule has 0 bridgehead atoms. The van der Waals surface area contributed by atoms with Gasteiger partial charge in [-0.2, -0.15) is 4.31 Å². The average molecular weight is 466 g/mol. The Hall–Kier alpha value is -1.88. The fraction of sp³-hybridized carbons (Fsp3) is 0.471. The standard InChI is InChI=1S/C17H20Cl2N2O7S/c1-28-17(25)13(4-5-15(22)23)20-16(24)14-3-2-6-21(14)29(26,27)12-8-10(18)7-11(19)9-12/h7-9,13-14H,2-6H2,1H3,(H,20,24)(H,22,23)/p-1/t13-,14-/m0/s1. The highest BCUT2D eigenvalue weighted by atomic mass is 35.5. The number of rotatable bonds is 8. The van der Waals surface area contributed by atoms with Gasteiger partial charge in [0.25, 0.3) is 0 Å². The summed E-state index contributed by atoms with van der Waals surface area (Å²) in [6.07, 6.45) is -0.0703. The molecule has 1 aliphatic rings. The van der Waals surface area contributed by atoms with Crippen LogP contribution in [0.15, 0.2) is 23.1 Å². The zero-order valence-corrected chi connectivity index (χ0v) is 17.7. The number of sulfonamides is 1. The molecule has 0 unspecified atom stereocenters. The Morgan fingerprint density at radius 1 is 1.28 bits per heavy atom. The summed E-state index contributed by atoms with van der Waals surface area (Å²) < 4.78 is 31.6. The number of aliphatic carboxylic acids is 1. The maximum absolute atomic E-state index is 13.0. The molecule has 1 saturated heterocycles. The van der Waals surface area contributed by atoms with E-state index < -0.39 is 46.4 Å². The number of esters is 1. The summed E-state index contributed by atoms with van der Waals surface area (Å²) in [5, 5.41) is 13.3. The summed E-state index contributed by atoms with van der Waals surface area (Å²) in [5.74, 6) is -2.96. The minimum absolute atomic E-state index is 0.0898. The van der Waals surface area contributed by atoms with Crippen LogP contribution in [0.4, 0.5) is 0 Å². The van der Waals surface area contributed by atoms with Crippen LogP contribution in [0.25, 0.3) is 0 Å². The molecular formula is C17H19Cl2N2O7S-. The molecule has 1 N–H and O–H groups in total. The number of carboxylic acids is 1. The van der Waals surface area contributed by atoms with Crippen LogP contribution in [0.5, 0.6) is 0 Å². The fourth-order valence-electron chi connectivity index (χ4n) is 3.02. The van der Waals surface area contributed by atoms with E-state index in [-0.39, 0.29) is 34.3 Å². The van der Waals surface area contributed by atoms with Crippen LogP contribution in [0.1, 0.15) is 25.7 Å². The van der Waals surface area contributed by atoms with Crippen molar-refractivity contribution in [1.29, 1.82) is 0 Å². The number of methoxy groups -OCH3 is 1. The number of halogens is 2. The van der Waals surface area contributed by atoms with E-state index in [2.05, 4.69) is 10.1 Å². The van der Waals surface area contributed by atoms with E-state index >= 15 is 0 Å². The van der Waals surface area contributed by atoms with Gasteiger partial charge in [0, 0.05) is 22.6 Å². The van der Waals surface area contributed by atoms with Gasteiger partial charge in [-0.15, -0.1) is 0 Å². The van der Waals surface area contributed by atoms with Crippen molar-refractivity contribution in [2.45, 2.75) is 42.7 Å². The Balaban J connectivity index is 2.22. The van der Waals surface area contributed by atoms with Gasteiger partial charge < -0.3 is 20.0 Å². The number of carbonyl (C=O) groups excluding carboxylic acids is 3. The van der Waals surface area contributed by atoms with Crippen LogP contribution in [-0.4, -0.2) is 56.3 Å². The number of benzene rings is 1. The summed E-state index contributed by atoms with van der Waals surface area (Å²) in [6, 6.07) is 1.53. The molecule has 0 radical (unpaired) electrons. The van der Waals surface area contributed by atoms with Crippen molar-refractivity contribution in [1.82, 2.24) is 9.62 Å². The van der Waals surface area contributed by atoms with E-state index in [0.717, 1.165) is 11.4 Å². The zero-order valence-electron chi connectivity index (χ0n) is 15.4. The van der Waals surface area contributed by atoms with Crippen molar-refractivity contribution in [3.8, 4) is 0 Å². The first kappa shape index (κ1) is 23.4. The van der Waals surface area contributed by atoms with Gasteiger partial charge in [-0.3, -0.25) is 4.79 Å². The van der Waals surface area contributed by atoms with Gasteiger partial charge in [0.15, 0.2) is 0 Å². The number of carbonyl (C=O) groups is 3. The highest BCUT2D eigenvalue weighted by Gasteiger charge is 2.40. The van der Waals surface area contributed by atoms with Gasteiger partial charge in [-0.25, -0.2) is 13.2 Å². The van der Waals surface area contributed by atoms with Gasteiger partial charge in [-0.05, 0) is 43.9 Å². The lowest BCUT2D eigenvalue weighted by Gasteiger charge is -2.25. The van der Waals surface area contributed by atoms with Crippen LogP contribution in [0, 0.1) is 0 Å². The van der Waals surface area contributed by atoms with E-state index in [1.165, 1.54) is 18.2 Å². The highest BCUT2D eigenvalue weighted by molar-refractivity contribution is 7.89. The molecule has 1 fully saturated rings. The van der Waals surface area contributed by atoms with Gasteiger partial charge in [0.05, 0.1) is 12.0 Å². The summed E-state index contributed by atoms with van der Waals surface area (Å²) in [7, 11) is -2.99. The Morgan fingerprint density at radius 3 is 2.45 bits per heavy atom. The first-order chi connectivity index (χ1) is 13.6. The molecule has 0 aromatic heterocycles. The van der Waals surface area contributed by atoms with Gasteiger partial charge in [0.2, 0.25) is 15.9 Å². The molecule has 2 atom stereocenters. The third-order valence-corrected chi connectivity index (χ3v) is 6.71. The van der Waals surface area contributed by atoms with E-state index in [1.807, 2.05) is 0 Å². The van der Waals surface area contributed by atoms with Crippen molar-refractivity contribution in [3.05, 3.63) is 28.2 Å². The summed E-state index contributed by atoms with van der Waals surface area (Å²) >= 11 is 11.8. The second kappa shape index (κ2) is 9.75. The number of ether oxygens (including phenoxy) is 1. The second-order valence-corrected chi connectivity index (χ2v) is 9.14. The maximum atomic E-state index is 13.0. The monoisotopic (exact) mass is 465 g/mol. The number of amides is 1. The second-order valence-electron chi connectivity index (χ2n) is 6.37. The Labute approximate surface area is 178 Å². The average Bonchev–Trinajstić information content (AvgIpc) is 3.14. The zero-order chi connectivity index (χ0) is 21.8. The minimum Gasteiger partial charge on any atom is -0.550 e. The van der Waals surface area contributed by atoms with Crippen LogP contribution in [-0.2, 0) is 29.1 Å². The van der Waals surface area contributed by atoms with E-state index in [0.29, 0.717) is 6.42 Å². The molecule has 12 heteroatoms. The molecule has 0 saturated carbocycles. The van der Waals surface area contributed by atoms with Gasteiger partial charge in [0.1, 0.15) is 12.1 Å². The Morgan fingerprint density at radius 2 is 1.90 bits per heavy atom.